The molecule has 0 saturated carbocycles. The van der Waals surface area contributed by atoms with E-state index in [1.54, 1.807) is 30.5 Å². The van der Waals surface area contributed by atoms with Crippen molar-refractivity contribution in [2.75, 3.05) is 0 Å². The summed E-state index contributed by atoms with van der Waals surface area (Å²) in [5.74, 6) is -0.926. The molecule has 2 aromatic heterocycles. The van der Waals surface area contributed by atoms with Crippen molar-refractivity contribution in [3.63, 3.8) is 0 Å². The second-order valence-electron chi connectivity index (χ2n) is 4.52. The van der Waals surface area contributed by atoms with Crippen LogP contribution in [-0.4, -0.2) is 16.1 Å². The molecular weight excluding hydrogens is 456 g/mol. The maximum Gasteiger partial charge on any atom is 0.335 e. The minimum atomic E-state index is -0.926. The maximum absolute atomic E-state index is 10.9. The first-order valence-corrected chi connectivity index (χ1v) is 6.51. The minimum absolute atomic E-state index is 0. The maximum atomic E-state index is 10.9. The summed E-state index contributed by atoms with van der Waals surface area (Å²) in [5.41, 5.74) is 2.97. The number of aromatic carboxylic acids is 1. The van der Waals surface area contributed by atoms with Gasteiger partial charge in [0.05, 0.1) is 5.56 Å². The molecule has 0 bridgehead atoms. The zero-order valence-electron chi connectivity index (χ0n) is 11.5. The van der Waals surface area contributed by atoms with E-state index in [0.717, 1.165) is 17.1 Å². The molecule has 1 radical (unpaired) electrons. The first-order chi connectivity index (χ1) is 10.3. The van der Waals surface area contributed by atoms with Crippen LogP contribution >= 0.6 is 0 Å². The van der Waals surface area contributed by atoms with E-state index in [-0.39, 0.29) is 25.7 Å². The predicted octanol–water partition coefficient (Wildman–Crippen LogP) is 2.72. The topological polar surface area (TPSA) is 54.1 Å². The molecule has 0 aliphatic heterocycles. The summed E-state index contributed by atoms with van der Waals surface area (Å²) in [4.78, 5) is 15.3. The number of benzene rings is 1. The molecule has 0 atom stereocenters. The standard InChI is InChI=1S/C17H12N2O2.Ir/c20-17(21)13-7-9-14(10-8-13)19-12-4-2-6-16(19)15-5-1-3-11-18-15;/h1-12H;/p+1. The van der Waals surface area contributed by atoms with Crippen LogP contribution in [0.2, 0.25) is 0 Å². The van der Waals surface area contributed by atoms with E-state index in [1.165, 1.54) is 0 Å². The third-order valence-corrected chi connectivity index (χ3v) is 3.18. The Balaban J connectivity index is 0.00000176. The Labute approximate surface area is 141 Å². The summed E-state index contributed by atoms with van der Waals surface area (Å²) in [5, 5.41) is 8.96. The van der Waals surface area contributed by atoms with Crippen molar-refractivity contribution in [2.24, 2.45) is 0 Å². The van der Waals surface area contributed by atoms with Crippen LogP contribution in [0.15, 0.2) is 73.1 Å². The van der Waals surface area contributed by atoms with Crippen molar-refractivity contribution in [3.8, 4) is 17.1 Å². The second-order valence-corrected chi connectivity index (χ2v) is 4.52. The molecule has 0 amide bonds. The van der Waals surface area contributed by atoms with Crippen LogP contribution in [-0.2, 0) is 20.1 Å². The van der Waals surface area contributed by atoms with Gasteiger partial charge < -0.3 is 5.11 Å². The third-order valence-electron chi connectivity index (χ3n) is 3.18. The monoisotopic (exact) mass is 470 g/mol. The molecule has 4 nitrogen and oxygen atoms in total. The molecular formula is C17H13IrN2O2+. The van der Waals surface area contributed by atoms with Gasteiger partial charge in [0.1, 0.15) is 5.69 Å². The largest absolute Gasteiger partial charge is 0.478 e. The molecule has 3 aromatic rings. The van der Waals surface area contributed by atoms with E-state index >= 15 is 0 Å². The molecule has 111 valence electrons. The number of carboxylic acid groups (broad SMARTS) is 1. The smallest absolute Gasteiger partial charge is 0.335 e. The van der Waals surface area contributed by atoms with Crippen LogP contribution in [0.5, 0.6) is 0 Å². The molecule has 0 saturated heterocycles. The fourth-order valence-electron chi connectivity index (χ4n) is 2.16. The molecule has 0 aliphatic carbocycles. The molecule has 2 heterocycles. The summed E-state index contributed by atoms with van der Waals surface area (Å²) >= 11 is 0. The van der Waals surface area contributed by atoms with Crippen LogP contribution < -0.4 is 4.57 Å². The van der Waals surface area contributed by atoms with E-state index in [1.807, 2.05) is 47.2 Å². The molecule has 1 aromatic carbocycles. The quantitative estimate of drug-likeness (QED) is 0.601. The van der Waals surface area contributed by atoms with Crippen LogP contribution in [0.3, 0.4) is 0 Å². The van der Waals surface area contributed by atoms with Gasteiger partial charge in [-0.3, -0.25) is 0 Å². The van der Waals surface area contributed by atoms with E-state index in [2.05, 4.69) is 4.98 Å². The minimum Gasteiger partial charge on any atom is -0.478 e. The van der Waals surface area contributed by atoms with Crippen molar-refractivity contribution in [1.29, 1.82) is 0 Å². The first-order valence-electron chi connectivity index (χ1n) is 6.51. The fraction of sp³-hybridized carbons (Fsp3) is 0. The van der Waals surface area contributed by atoms with Gasteiger partial charge >= 0.3 is 5.97 Å². The van der Waals surface area contributed by atoms with Crippen molar-refractivity contribution in [1.82, 2.24) is 4.98 Å². The van der Waals surface area contributed by atoms with E-state index in [0.29, 0.717) is 0 Å². The zero-order valence-corrected chi connectivity index (χ0v) is 13.9. The van der Waals surface area contributed by atoms with Gasteiger partial charge in [-0.2, -0.15) is 4.57 Å². The van der Waals surface area contributed by atoms with Gasteiger partial charge in [0, 0.05) is 50.6 Å². The van der Waals surface area contributed by atoms with Crippen molar-refractivity contribution in [2.45, 2.75) is 0 Å². The van der Waals surface area contributed by atoms with Crippen LogP contribution in [0.25, 0.3) is 17.1 Å². The number of hydrogen-bond donors (Lipinski definition) is 1. The van der Waals surface area contributed by atoms with Gasteiger partial charge in [0.25, 0.3) is 0 Å². The second kappa shape index (κ2) is 7.07. The van der Waals surface area contributed by atoms with E-state index in [9.17, 15) is 4.79 Å². The van der Waals surface area contributed by atoms with Gasteiger partial charge in [-0.1, -0.05) is 6.07 Å². The van der Waals surface area contributed by atoms with Gasteiger partial charge in [0.2, 0.25) is 11.4 Å². The predicted molar refractivity (Wildman–Crippen MR) is 78.2 cm³/mol. The number of hydrogen-bond acceptors (Lipinski definition) is 2. The summed E-state index contributed by atoms with van der Waals surface area (Å²) in [6.07, 6.45) is 3.68. The number of aromatic nitrogens is 2. The molecule has 0 spiro atoms. The number of pyridine rings is 2. The van der Waals surface area contributed by atoms with Gasteiger partial charge in [-0.05, 0) is 30.3 Å². The fourth-order valence-corrected chi connectivity index (χ4v) is 2.16. The van der Waals surface area contributed by atoms with Gasteiger partial charge in [-0.15, -0.1) is 0 Å². The average molecular weight is 470 g/mol. The zero-order chi connectivity index (χ0) is 14.7. The van der Waals surface area contributed by atoms with E-state index in [4.69, 9.17) is 5.11 Å². The number of rotatable bonds is 3. The Morgan fingerprint density at radius 3 is 2.32 bits per heavy atom. The van der Waals surface area contributed by atoms with Crippen molar-refractivity contribution < 1.29 is 34.6 Å². The van der Waals surface area contributed by atoms with Crippen LogP contribution in [0, 0.1) is 0 Å². The first kappa shape index (κ1) is 16.0. The molecule has 0 aliphatic rings. The number of nitrogens with zero attached hydrogens (tertiary/aromatic N) is 2. The molecule has 3 rings (SSSR count). The number of carbonyl (C=O) groups is 1. The van der Waals surface area contributed by atoms with Crippen molar-refractivity contribution in [3.05, 3.63) is 78.6 Å². The average Bonchev–Trinajstić information content (AvgIpc) is 2.56. The molecule has 0 fully saturated rings. The SMILES string of the molecule is O=C(O)c1ccc(-[n+]2ccccc2-c2ccccn2)cc1.[Ir]. The Kier molecular flexibility index (Phi) is 5.15. The molecule has 22 heavy (non-hydrogen) atoms. The molecule has 1 N–H and O–H groups in total. The van der Waals surface area contributed by atoms with Gasteiger partial charge in [0.15, 0.2) is 6.20 Å². The molecule has 5 heteroatoms. The summed E-state index contributed by atoms with van der Waals surface area (Å²) in [6.45, 7) is 0. The Hall–Kier alpha value is -2.36. The summed E-state index contributed by atoms with van der Waals surface area (Å²) < 4.78 is 1.98. The van der Waals surface area contributed by atoms with Gasteiger partial charge in [-0.25, -0.2) is 9.78 Å². The Bertz CT molecular complexity index is 774. The Morgan fingerprint density at radius 2 is 1.68 bits per heavy atom. The normalized spacial score (nSPS) is 9.82. The molecule has 0 unspecified atom stereocenters. The van der Waals surface area contributed by atoms with Crippen LogP contribution in [0.1, 0.15) is 10.4 Å². The summed E-state index contributed by atoms with van der Waals surface area (Å²) in [7, 11) is 0. The van der Waals surface area contributed by atoms with E-state index < -0.39 is 5.97 Å². The Morgan fingerprint density at radius 1 is 0.955 bits per heavy atom. The summed E-state index contributed by atoms with van der Waals surface area (Å²) in [6, 6.07) is 18.4. The third kappa shape index (κ3) is 3.27. The van der Waals surface area contributed by atoms with Crippen LogP contribution in [0.4, 0.5) is 0 Å². The number of carboxylic acids is 1. The van der Waals surface area contributed by atoms with Crippen molar-refractivity contribution >= 4 is 5.97 Å².